The minimum absolute atomic E-state index is 0.0626. The summed E-state index contributed by atoms with van der Waals surface area (Å²) in [5.41, 5.74) is 1.95. The second-order valence-electron chi connectivity index (χ2n) is 6.30. The molecule has 1 atom stereocenters. The van der Waals surface area contributed by atoms with Gasteiger partial charge >= 0.3 is 5.97 Å². The number of ether oxygens (including phenoxy) is 1. The van der Waals surface area contributed by atoms with Gasteiger partial charge in [-0.2, -0.15) is 0 Å². The highest BCUT2D eigenvalue weighted by Gasteiger charge is 2.22. The second kappa shape index (κ2) is 6.13. The summed E-state index contributed by atoms with van der Waals surface area (Å²) in [6.07, 6.45) is 0. The van der Waals surface area contributed by atoms with Gasteiger partial charge in [-0.15, -0.1) is 0 Å². The molecule has 0 N–H and O–H groups in total. The van der Waals surface area contributed by atoms with Crippen molar-refractivity contribution in [1.29, 1.82) is 0 Å². The molecule has 0 aliphatic rings. The van der Waals surface area contributed by atoms with Crippen LogP contribution < -0.4 is 4.74 Å². The van der Waals surface area contributed by atoms with Crippen LogP contribution in [0, 0.1) is 0 Å². The number of esters is 1. The Balaban J connectivity index is 2.21. The molecular weight excluding hydrogens is 260 g/mol. The Labute approximate surface area is 126 Å². The molecule has 0 unspecified atom stereocenters. The summed E-state index contributed by atoms with van der Waals surface area (Å²) < 4.78 is 5.65. The predicted molar refractivity (Wildman–Crippen MR) is 85.6 cm³/mol. The second-order valence-corrected chi connectivity index (χ2v) is 6.30. The summed E-state index contributed by atoms with van der Waals surface area (Å²) in [4.78, 5) is 12.4. The fourth-order valence-electron chi connectivity index (χ4n) is 2.25. The standard InChI is InChI=1S/C19H22O2/c1-14(15-10-6-5-7-11-15)18(20)21-17-13-9-8-12-16(17)19(2,3)4/h5-14H,1-4H3/t14-/m1/s1. The minimum atomic E-state index is -0.278. The zero-order valence-electron chi connectivity index (χ0n) is 13.1. The highest BCUT2D eigenvalue weighted by atomic mass is 16.5. The van der Waals surface area contributed by atoms with Crippen molar-refractivity contribution in [3.63, 3.8) is 0 Å². The Bertz CT molecular complexity index is 609. The maximum Gasteiger partial charge on any atom is 0.318 e. The van der Waals surface area contributed by atoms with Crippen molar-refractivity contribution in [3.8, 4) is 5.75 Å². The minimum Gasteiger partial charge on any atom is -0.426 e. The van der Waals surface area contributed by atoms with Gasteiger partial charge in [0, 0.05) is 5.56 Å². The number of hydrogen-bond donors (Lipinski definition) is 0. The quantitative estimate of drug-likeness (QED) is 0.603. The first kappa shape index (κ1) is 15.3. The highest BCUT2D eigenvalue weighted by Crippen LogP contribution is 2.32. The third-order valence-corrected chi connectivity index (χ3v) is 3.56. The maximum absolute atomic E-state index is 12.4. The van der Waals surface area contributed by atoms with Crippen molar-refractivity contribution in [3.05, 3.63) is 65.7 Å². The summed E-state index contributed by atoms with van der Waals surface area (Å²) in [6, 6.07) is 17.4. The summed E-state index contributed by atoms with van der Waals surface area (Å²) >= 11 is 0. The van der Waals surface area contributed by atoms with E-state index in [4.69, 9.17) is 4.74 Å². The van der Waals surface area contributed by atoms with E-state index in [1.54, 1.807) is 0 Å². The van der Waals surface area contributed by atoms with Gasteiger partial charge in [0.2, 0.25) is 0 Å². The van der Waals surface area contributed by atoms with E-state index in [2.05, 4.69) is 20.8 Å². The third-order valence-electron chi connectivity index (χ3n) is 3.56. The average Bonchev–Trinajstić information content (AvgIpc) is 2.47. The Hall–Kier alpha value is -2.09. The van der Waals surface area contributed by atoms with Crippen LogP contribution in [0.15, 0.2) is 54.6 Å². The molecule has 0 fully saturated rings. The number of para-hydroxylation sites is 1. The maximum atomic E-state index is 12.4. The van der Waals surface area contributed by atoms with Gasteiger partial charge in [-0.25, -0.2) is 0 Å². The van der Waals surface area contributed by atoms with E-state index in [1.807, 2.05) is 61.5 Å². The molecule has 2 rings (SSSR count). The molecule has 2 heteroatoms. The largest absolute Gasteiger partial charge is 0.426 e. The zero-order valence-corrected chi connectivity index (χ0v) is 13.1. The van der Waals surface area contributed by atoms with E-state index < -0.39 is 0 Å². The fraction of sp³-hybridized carbons (Fsp3) is 0.316. The van der Waals surface area contributed by atoms with Crippen molar-refractivity contribution in [2.45, 2.75) is 39.0 Å². The number of benzene rings is 2. The van der Waals surface area contributed by atoms with Crippen molar-refractivity contribution in [1.82, 2.24) is 0 Å². The van der Waals surface area contributed by atoms with Gasteiger partial charge < -0.3 is 4.74 Å². The molecular formula is C19H22O2. The monoisotopic (exact) mass is 282 g/mol. The molecule has 0 aliphatic heterocycles. The highest BCUT2D eigenvalue weighted by molar-refractivity contribution is 5.80. The number of hydrogen-bond acceptors (Lipinski definition) is 2. The smallest absolute Gasteiger partial charge is 0.318 e. The first-order valence-electron chi connectivity index (χ1n) is 7.26. The molecule has 0 spiro atoms. The summed E-state index contributed by atoms with van der Waals surface area (Å²) in [6.45, 7) is 8.21. The lowest BCUT2D eigenvalue weighted by Gasteiger charge is -2.22. The van der Waals surface area contributed by atoms with Crippen LogP contribution in [0.1, 0.15) is 44.7 Å². The molecule has 0 aliphatic carbocycles. The van der Waals surface area contributed by atoms with E-state index in [9.17, 15) is 4.79 Å². The zero-order chi connectivity index (χ0) is 15.5. The van der Waals surface area contributed by atoms with Gasteiger partial charge in [0.25, 0.3) is 0 Å². The molecule has 0 radical (unpaired) electrons. The van der Waals surface area contributed by atoms with E-state index in [0.717, 1.165) is 11.1 Å². The van der Waals surface area contributed by atoms with Crippen LogP contribution in [0.5, 0.6) is 5.75 Å². The van der Waals surface area contributed by atoms with Crippen LogP contribution in [0.25, 0.3) is 0 Å². The Kier molecular flexibility index (Phi) is 4.46. The van der Waals surface area contributed by atoms with Crippen molar-refractivity contribution in [2.24, 2.45) is 0 Å². The molecule has 0 saturated carbocycles. The molecule has 0 heterocycles. The van der Waals surface area contributed by atoms with E-state index in [-0.39, 0.29) is 17.3 Å². The van der Waals surface area contributed by atoms with Gasteiger partial charge in [-0.3, -0.25) is 4.79 Å². The van der Waals surface area contributed by atoms with Crippen LogP contribution in [-0.2, 0) is 10.2 Å². The molecule has 0 amide bonds. The molecule has 110 valence electrons. The van der Waals surface area contributed by atoms with Gasteiger partial charge in [-0.05, 0) is 24.0 Å². The molecule has 0 saturated heterocycles. The van der Waals surface area contributed by atoms with Gasteiger partial charge in [0.05, 0.1) is 5.92 Å². The predicted octanol–water partition coefficient (Wildman–Crippen LogP) is 4.69. The number of rotatable bonds is 3. The van der Waals surface area contributed by atoms with Crippen molar-refractivity contribution in [2.75, 3.05) is 0 Å². The van der Waals surface area contributed by atoms with Crippen LogP contribution >= 0.6 is 0 Å². The first-order chi connectivity index (χ1) is 9.89. The third kappa shape index (κ3) is 3.72. The molecule has 0 bridgehead atoms. The Morgan fingerprint density at radius 1 is 0.952 bits per heavy atom. The lowest BCUT2D eigenvalue weighted by atomic mass is 9.86. The van der Waals surface area contributed by atoms with Crippen LogP contribution in [0.2, 0.25) is 0 Å². The van der Waals surface area contributed by atoms with Gasteiger partial charge in [0.1, 0.15) is 5.75 Å². The normalized spacial score (nSPS) is 12.8. The van der Waals surface area contributed by atoms with Crippen LogP contribution in [0.4, 0.5) is 0 Å². The van der Waals surface area contributed by atoms with Crippen molar-refractivity contribution >= 4 is 5.97 Å². The molecule has 0 aromatic heterocycles. The SMILES string of the molecule is C[C@@H](C(=O)Oc1ccccc1C(C)(C)C)c1ccccc1. The summed E-state index contributed by atoms with van der Waals surface area (Å²) in [7, 11) is 0. The van der Waals surface area contributed by atoms with E-state index in [1.165, 1.54) is 0 Å². The van der Waals surface area contributed by atoms with Gasteiger partial charge in [-0.1, -0.05) is 69.3 Å². The topological polar surface area (TPSA) is 26.3 Å². The molecule has 2 nitrogen and oxygen atoms in total. The molecule has 2 aromatic carbocycles. The number of carbonyl (C=O) groups excluding carboxylic acids is 1. The van der Waals surface area contributed by atoms with Crippen molar-refractivity contribution < 1.29 is 9.53 Å². The molecule has 2 aromatic rings. The first-order valence-corrected chi connectivity index (χ1v) is 7.26. The Morgan fingerprint density at radius 2 is 1.52 bits per heavy atom. The lowest BCUT2D eigenvalue weighted by molar-refractivity contribution is -0.135. The molecule has 21 heavy (non-hydrogen) atoms. The van der Waals surface area contributed by atoms with Crippen LogP contribution in [-0.4, -0.2) is 5.97 Å². The van der Waals surface area contributed by atoms with Crippen LogP contribution in [0.3, 0.4) is 0 Å². The van der Waals surface area contributed by atoms with Gasteiger partial charge in [0.15, 0.2) is 0 Å². The average molecular weight is 282 g/mol. The Morgan fingerprint density at radius 3 is 2.14 bits per heavy atom. The summed E-state index contributed by atoms with van der Waals surface area (Å²) in [5, 5.41) is 0. The fourth-order valence-corrected chi connectivity index (χ4v) is 2.25. The summed E-state index contributed by atoms with van der Waals surface area (Å²) in [5.74, 6) is 0.148. The number of carbonyl (C=O) groups is 1. The lowest BCUT2D eigenvalue weighted by Crippen LogP contribution is -2.19. The van der Waals surface area contributed by atoms with E-state index in [0.29, 0.717) is 5.75 Å². The van der Waals surface area contributed by atoms with E-state index >= 15 is 0 Å².